The van der Waals surface area contributed by atoms with E-state index in [1.807, 2.05) is 11.0 Å². The van der Waals surface area contributed by atoms with Gasteiger partial charge in [-0.2, -0.15) is 0 Å². The van der Waals surface area contributed by atoms with Crippen LogP contribution in [-0.2, 0) is 28.9 Å². The van der Waals surface area contributed by atoms with Gasteiger partial charge in [0.05, 0.1) is 6.61 Å². The fourth-order valence-electron chi connectivity index (χ4n) is 5.27. The predicted molar refractivity (Wildman–Crippen MR) is 168 cm³/mol. The summed E-state index contributed by atoms with van der Waals surface area (Å²) in [7, 11) is 0. The molecule has 0 saturated carbocycles. The molecule has 2 aromatic rings. The normalized spacial score (nSPS) is 16.8. The molecule has 0 spiro atoms. The summed E-state index contributed by atoms with van der Waals surface area (Å²) in [4.78, 5) is 33.7. The third-order valence-electron chi connectivity index (χ3n) is 7.45. The summed E-state index contributed by atoms with van der Waals surface area (Å²) in [6.07, 6.45) is 2.64. The Morgan fingerprint density at radius 2 is 1.60 bits per heavy atom. The van der Waals surface area contributed by atoms with Gasteiger partial charge in [-0.05, 0) is 115 Å². The number of rotatable bonds is 6. The van der Waals surface area contributed by atoms with E-state index >= 15 is 0 Å². The van der Waals surface area contributed by atoms with Gasteiger partial charge < -0.3 is 24.0 Å². The maximum Gasteiger partial charge on any atom is 0.437 e. The second kappa shape index (κ2) is 14.3. The lowest BCUT2D eigenvalue weighted by Crippen LogP contribution is -2.48. The zero-order valence-corrected chi connectivity index (χ0v) is 26.7. The average molecular weight is 593 g/mol. The van der Waals surface area contributed by atoms with Crippen molar-refractivity contribution >= 4 is 18.1 Å². The van der Waals surface area contributed by atoms with Gasteiger partial charge in [0.25, 0.3) is 0 Å². The Bertz CT molecular complexity index is 1260. The highest BCUT2D eigenvalue weighted by Crippen LogP contribution is 2.26. The van der Waals surface area contributed by atoms with Crippen molar-refractivity contribution < 1.29 is 23.8 Å². The minimum absolute atomic E-state index is 0.111. The minimum atomic E-state index is -0.771. The number of aliphatic imine (C=N–C) groups is 1. The largest absolute Gasteiger partial charge is 0.493 e. The van der Waals surface area contributed by atoms with Crippen LogP contribution in [0.5, 0.6) is 5.75 Å². The first-order valence-corrected chi connectivity index (χ1v) is 15.4. The lowest BCUT2D eigenvalue weighted by atomic mass is 9.97. The summed E-state index contributed by atoms with van der Waals surface area (Å²) in [5.41, 5.74) is 2.27. The molecule has 0 aromatic heterocycles. The topological polar surface area (TPSA) is 92.7 Å². The van der Waals surface area contributed by atoms with Crippen LogP contribution >= 0.6 is 0 Å². The van der Waals surface area contributed by atoms with Crippen LogP contribution in [0.2, 0.25) is 0 Å². The van der Waals surface area contributed by atoms with Crippen molar-refractivity contribution in [1.29, 1.82) is 0 Å². The minimum Gasteiger partial charge on any atom is -0.493 e. The molecule has 2 heterocycles. The molecule has 0 radical (unpaired) electrons. The second-order valence-corrected chi connectivity index (χ2v) is 13.5. The highest BCUT2D eigenvalue weighted by Gasteiger charge is 2.26. The molecule has 43 heavy (non-hydrogen) atoms. The molecule has 2 aliphatic heterocycles. The number of hydrogen-bond acceptors (Lipinski definition) is 6. The van der Waals surface area contributed by atoms with Crippen molar-refractivity contribution in [2.24, 2.45) is 10.9 Å². The van der Waals surface area contributed by atoms with E-state index in [2.05, 4.69) is 57.7 Å². The average Bonchev–Trinajstić information content (AvgIpc) is 2.93. The molecule has 1 N–H and O–H groups in total. The Morgan fingerprint density at radius 3 is 2.28 bits per heavy atom. The molecule has 2 amide bonds. The highest BCUT2D eigenvalue weighted by molar-refractivity contribution is 5.99. The molecule has 0 unspecified atom stereocenters. The Balaban J connectivity index is 1.33. The van der Waals surface area contributed by atoms with Crippen LogP contribution in [-0.4, -0.2) is 71.9 Å². The Morgan fingerprint density at radius 1 is 0.907 bits per heavy atom. The van der Waals surface area contributed by atoms with Gasteiger partial charge in [-0.25, -0.2) is 9.59 Å². The van der Waals surface area contributed by atoms with Crippen LogP contribution < -0.4 is 10.1 Å². The van der Waals surface area contributed by atoms with Crippen LogP contribution in [0.4, 0.5) is 9.59 Å². The maximum atomic E-state index is 12.6. The number of nitrogens with one attached hydrogen (secondary N) is 1. The van der Waals surface area contributed by atoms with Crippen molar-refractivity contribution in [3.8, 4) is 5.75 Å². The number of amides is 2. The lowest BCUT2D eigenvalue weighted by molar-refractivity contribution is 0.0553. The molecule has 234 valence electrons. The quantitative estimate of drug-likeness (QED) is 0.316. The molecule has 9 heteroatoms. The molecule has 0 atom stereocenters. The first-order chi connectivity index (χ1) is 20.3. The molecule has 4 rings (SSSR count). The van der Waals surface area contributed by atoms with Crippen LogP contribution in [0, 0.1) is 5.92 Å². The van der Waals surface area contributed by atoms with E-state index in [0.717, 1.165) is 56.6 Å². The van der Waals surface area contributed by atoms with Gasteiger partial charge >= 0.3 is 12.2 Å². The number of piperidine rings is 1. The fourth-order valence-corrected chi connectivity index (χ4v) is 5.27. The zero-order valence-electron chi connectivity index (χ0n) is 26.7. The predicted octanol–water partition coefficient (Wildman–Crippen LogP) is 6.19. The summed E-state index contributed by atoms with van der Waals surface area (Å²) >= 11 is 0. The maximum absolute atomic E-state index is 12.6. The number of hydrogen-bond donors (Lipinski definition) is 1. The molecule has 0 bridgehead atoms. The van der Waals surface area contributed by atoms with Crippen LogP contribution in [0.1, 0.15) is 71.1 Å². The number of alkyl carbamates (subject to hydrolysis) is 1. The SMILES string of the molecule is CC(C)(C)OC(=O)N=C(NC(=O)OC(C)(C)C)N1CCc2ccc(OCC3CCN(CCc4ccccc4)CC3)cc2C1. The third-order valence-corrected chi connectivity index (χ3v) is 7.45. The Hall–Kier alpha value is -3.59. The van der Waals surface area contributed by atoms with Crippen LogP contribution in [0.3, 0.4) is 0 Å². The van der Waals surface area contributed by atoms with E-state index in [9.17, 15) is 9.59 Å². The second-order valence-electron chi connectivity index (χ2n) is 13.5. The van der Waals surface area contributed by atoms with Gasteiger partial charge in [-0.15, -0.1) is 4.99 Å². The number of benzene rings is 2. The number of fused-ring (bicyclic) bond motifs is 1. The van der Waals surface area contributed by atoms with E-state index in [-0.39, 0.29) is 5.96 Å². The van der Waals surface area contributed by atoms with E-state index < -0.39 is 23.4 Å². The molecule has 9 nitrogen and oxygen atoms in total. The Labute approximate surface area is 256 Å². The van der Waals surface area contributed by atoms with E-state index in [1.165, 1.54) is 11.1 Å². The Kier molecular flexibility index (Phi) is 10.7. The van der Waals surface area contributed by atoms with Gasteiger partial charge in [-0.1, -0.05) is 36.4 Å². The standard InChI is InChI=1S/C34H48N4O5/c1-33(2,3)42-31(39)35-30(36-32(40)43-34(4,5)6)38-21-17-27-12-13-29(22-28(27)23-38)41-24-26-15-19-37(20-16-26)18-14-25-10-8-7-9-11-25/h7-13,22,26H,14-21,23-24H2,1-6H3,(H,35,36,39,40). The van der Waals surface area contributed by atoms with Gasteiger partial charge in [0, 0.05) is 19.6 Å². The smallest absolute Gasteiger partial charge is 0.437 e. The van der Waals surface area contributed by atoms with Gasteiger partial charge in [0.15, 0.2) is 0 Å². The number of carbonyl (C=O) groups excluding carboxylic acids is 2. The summed E-state index contributed by atoms with van der Waals surface area (Å²) in [5.74, 6) is 1.48. The van der Waals surface area contributed by atoms with E-state index in [0.29, 0.717) is 25.6 Å². The lowest BCUT2D eigenvalue weighted by Gasteiger charge is -2.33. The summed E-state index contributed by atoms with van der Waals surface area (Å²) < 4.78 is 17.1. The van der Waals surface area contributed by atoms with Gasteiger partial charge in [-0.3, -0.25) is 5.32 Å². The molecule has 2 aromatic carbocycles. The molecular formula is C34H48N4O5. The van der Waals surface area contributed by atoms with Crippen LogP contribution in [0.15, 0.2) is 53.5 Å². The summed E-state index contributed by atoms with van der Waals surface area (Å²) in [6, 6.07) is 16.9. The molecule has 2 aliphatic rings. The number of guanidine groups is 1. The summed E-state index contributed by atoms with van der Waals surface area (Å²) in [5, 5.41) is 2.67. The first kappa shape index (κ1) is 32.3. The van der Waals surface area contributed by atoms with Crippen molar-refractivity contribution in [3.63, 3.8) is 0 Å². The first-order valence-electron chi connectivity index (χ1n) is 15.4. The van der Waals surface area contributed by atoms with E-state index in [1.54, 1.807) is 41.5 Å². The third kappa shape index (κ3) is 10.9. The molecule has 1 fully saturated rings. The fraction of sp³-hybridized carbons (Fsp3) is 0.559. The number of likely N-dealkylation sites (tertiary alicyclic amines) is 1. The van der Waals surface area contributed by atoms with Crippen molar-refractivity contribution in [2.75, 3.05) is 32.8 Å². The van der Waals surface area contributed by atoms with Crippen molar-refractivity contribution in [3.05, 3.63) is 65.2 Å². The molecule has 1 saturated heterocycles. The van der Waals surface area contributed by atoms with Gasteiger partial charge in [0.2, 0.25) is 5.96 Å². The van der Waals surface area contributed by atoms with Crippen LogP contribution in [0.25, 0.3) is 0 Å². The number of nitrogens with zero attached hydrogens (tertiary/aromatic N) is 3. The van der Waals surface area contributed by atoms with Gasteiger partial charge in [0.1, 0.15) is 17.0 Å². The van der Waals surface area contributed by atoms with Crippen molar-refractivity contribution in [1.82, 2.24) is 15.1 Å². The molecule has 0 aliphatic carbocycles. The zero-order chi connectivity index (χ0) is 31.0. The number of ether oxygens (including phenoxy) is 3. The van der Waals surface area contributed by atoms with E-state index in [4.69, 9.17) is 14.2 Å². The summed E-state index contributed by atoms with van der Waals surface area (Å²) in [6.45, 7) is 15.7. The molecular weight excluding hydrogens is 544 g/mol. The number of carbonyl (C=O) groups is 2. The van der Waals surface area contributed by atoms with Crippen molar-refractivity contribution in [2.45, 2.75) is 85.0 Å². The monoisotopic (exact) mass is 592 g/mol. The highest BCUT2D eigenvalue weighted by atomic mass is 16.6.